The van der Waals surface area contributed by atoms with Crippen LogP contribution in [-0.2, 0) is 19.1 Å². The third-order valence-corrected chi connectivity index (χ3v) is 5.19. The van der Waals surface area contributed by atoms with Crippen LogP contribution >= 0.6 is 0 Å². The Morgan fingerprint density at radius 2 is 1.89 bits per heavy atom. The lowest BCUT2D eigenvalue weighted by atomic mass is 9.61. The molecule has 2 saturated carbocycles. The van der Waals surface area contributed by atoms with Crippen LogP contribution in [0.5, 0.6) is 0 Å². The predicted octanol–water partition coefficient (Wildman–Crippen LogP) is 1.71. The van der Waals surface area contributed by atoms with Crippen molar-refractivity contribution in [2.24, 2.45) is 17.3 Å². The zero-order valence-electron chi connectivity index (χ0n) is 10.6. The van der Waals surface area contributed by atoms with Crippen LogP contribution in [0, 0.1) is 17.3 Å². The molecule has 1 saturated heterocycles. The van der Waals surface area contributed by atoms with Crippen molar-refractivity contribution >= 4 is 12.6 Å². The van der Waals surface area contributed by atoms with Gasteiger partial charge in [0.25, 0.3) is 0 Å². The summed E-state index contributed by atoms with van der Waals surface area (Å²) in [5.41, 5.74) is -0.0596. The van der Waals surface area contributed by atoms with E-state index in [-0.39, 0.29) is 17.3 Å². The Morgan fingerprint density at radius 3 is 2.56 bits per heavy atom. The van der Waals surface area contributed by atoms with Crippen molar-refractivity contribution in [3.05, 3.63) is 0 Å². The Balaban J connectivity index is 1.97. The average molecular weight is 252 g/mol. The molecule has 0 radical (unpaired) electrons. The Bertz CT molecular complexity index is 348. The van der Waals surface area contributed by atoms with E-state index >= 15 is 0 Å². The van der Waals surface area contributed by atoms with Gasteiger partial charge in [-0.3, -0.25) is 0 Å². The van der Waals surface area contributed by atoms with Crippen molar-refractivity contribution in [2.45, 2.75) is 44.3 Å². The highest BCUT2D eigenvalue weighted by atomic mass is 16.7. The lowest BCUT2D eigenvalue weighted by Gasteiger charge is -2.45. The maximum atomic E-state index is 11.4. The molecule has 0 bridgehead atoms. The van der Waals surface area contributed by atoms with Gasteiger partial charge in [-0.25, -0.2) is 0 Å². The third-order valence-electron chi connectivity index (χ3n) is 5.19. The minimum Gasteiger partial charge on any atom is -0.347 e. The number of ether oxygens (including phenoxy) is 2. The van der Waals surface area contributed by atoms with Crippen molar-refractivity contribution in [1.29, 1.82) is 0 Å². The van der Waals surface area contributed by atoms with Gasteiger partial charge in [-0.2, -0.15) is 0 Å². The normalized spacial score (nSPS) is 41.8. The van der Waals surface area contributed by atoms with Crippen LogP contribution in [0.25, 0.3) is 0 Å². The van der Waals surface area contributed by atoms with E-state index < -0.39 is 5.79 Å². The topological polar surface area (TPSA) is 52.6 Å². The highest BCUT2D eigenvalue weighted by Crippen LogP contribution is 2.62. The summed E-state index contributed by atoms with van der Waals surface area (Å²) in [6, 6.07) is 0. The summed E-state index contributed by atoms with van der Waals surface area (Å²) in [7, 11) is 0. The first-order chi connectivity index (χ1) is 8.76. The minimum atomic E-state index is -0.574. The van der Waals surface area contributed by atoms with Gasteiger partial charge in [0.2, 0.25) is 0 Å². The number of aldehydes is 2. The Hall–Kier alpha value is -0.740. The molecule has 0 N–H and O–H groups in total. The fraction of sp³-hybridized carbons (Fsp3) is 0.857. The van der Waals surface area contributed by atoms with Crippen molar-refractivity contribution in [1.82, 2.24) is 0 Å². The van der Waals surface area contributed by atoms with E-state index in [1.54, 1.807) is 0 Å². The maximum absolute atomic E-state index is 11.4. The van der Waals surface area contributed by atoms with E-state index in [2.05, 4.69) is 0 Å². The van der Waals surface area contributed by atoms with Crippen LogP contribution in [0.3, 0.4) is 0 Å². The first-order valence-corrected chi connectivity index (χ1v) is 6.93. The van der Waals surface area contributed by atoms with E-state index in [1.165, 1.54) is 0 Å². The minimum absolute atomic E-state index is 0.0145. The summed E-state index contributed by atoms with van der Waals surface area (Å²) in [6.07, 6.45) is 7.34. The number of hydrogen-bond donors (Lipinski definition) is 0. The van der Waals surface area contributed by atoms with Gasteiger partial charge in [0, 0.05) is 24.7 Å². The number of rotatable bonds is 3. The van der Waals surface area contributed by atoms with E-state index in [4.69, 9.17) is 9.47 Å². The maximum Gasteiger partial charge on any atom is 0.172 e. The van der Waals surface area contributed by atoms with Crippen molar-refractivity contribution in [3.63, 3.8) is 0 Å². The molecule has 0 aromatic carbocycles. The number of carbonyl (C=O) groups is 2. The summed E-state index contributed by atoms with van der Waals surface area (Å²) in [5.74, 6) is -0.516. The molecule has 4 nitrogen and oxygen atoms in total. The molecule has 3 fully saturated rings. The molecule has 3 unspecified atom stereocenters. The fourth-order valence-corrected chi connectivity index (χ4v) is 4.56. The highest BCUT2D eigenvalue weighted by molar-refractivity contribution is 5.57. The zero-order chi connectivity index (χ0) is 12.6. The molecule has 3 aliphatic rings. The van der Waals surface area contributed by atoms with E-state index in [1.807, 2.05) is 0 Å². The average Bonchev–Trinajstić information content (AvgIpc) is 2.98. The Kier molecular flexibility index (Phi) is 3.02. The smallest absolute Gasteiger partial charge is 0.172 e. The number of hydrogen-bond acceptors (Lipinski definition) is 4. The van der Waals surface area contributed by atoms with Crippen LogP contribution in [0.4, 0.5) is 0 Å². The van der Waals surface area contributed by atoms with E-state index in [9.17, 15) is 9.59 Å². The zero-order valence-corrected chi connectivity index (χ0v) is 10.6. The van der Waals surface area contributed by atoms with Gasteiger partial charge in [0.1, 0.15) is 12.6 Å². The van der Waals surface area contributed by atoms with E-state index in [0.717, 1.165) is 44.7 Å². The van der Waals surface area contributed by atoms with Crippen molar-refractivity contribution in [2.75, 3.05) is 13.2 Å². The standard InChI is InChI=1S/C14H20O4/c15-7-6-13-3-1-2-11(10-16)12(13)14(5-4-13)17-8-9-18-14/h7,10-12H,1-6,8-9H2. The van der Waals surface area contributed by atoms with Gasteiger partial charge >= 0.3 is 0 Å². The quantitative estimate of drug-likeness (QED) is 0.718. The van der Waals surface area contributed by atoms with Gasteiger partial charge in [-0.1, -0.05) is 6.42 Å². The van der Waals surface area contributed by atoms with Crippen LogP contribution in [0.15, 0.2) is 0 Å². The van der Waals surface area contributed by atoms with Gasteiger partial charge in [0.05, 0.1) is 13.2 Å². The predicted molar refractivity (Wildman–Crippen MR) is 63.9 cm³/mol. The molecule has 100 valence electrons. The number of fused-ring (bicyclic) bond motifs is 2. The molecule has 0 aromatic heterocycles. The largest absolute Gasteiger partial charge is 0.347 e. The third kappa shape index (κ3) is 1.58. The molecule has 2 aliphatic carbocycles. The fourth-order valence-electron chi connectivity index (χ4n) is 4.56. The first kappa shape index (κ1) is 12.3. The second-order valence-corrected chi connectivity index (χ2v) is 5.91. The van der Waals surface area contributed by atoms with Gasteiger partial charge in [-0.05, 0) is 24.7 Å². The molecule has 1 aliphatic heterocycles. The van der Waals surface area contributed by atoms with E-state index in [0.29, 0.717) is 19.6 Å². The van der Waals surface area contributed by atoms with Crippen LogP contribution in [0.1, 0.15) is 38.5 Å². The molecule has 0 aromatic rings. The summed E-state index contributed by atoms with van der Waals surface area (Å²) < 4.78 is 11.8. The molecular formula is C14H20O4. The Labute approximate surface area is 107 Å². The van der Waals surface area contributed by atoms with Crippen LogP contribution in [-0.4, -0.2) is 31.6 Å². The lowest BCUT2D eigenvalue weighted by Crippen LogP contribution is -2.48. The molecule has 1 spiro atoms. The highest BCUT2D eigenvalue weighted by Gasteiger charge is 2.63. The number of carbonyl (C=O) groups excluding carboxylic acids is 2. The monoisotopic (exact) mass is 252 g/mol. The Morgan fingerprint density at radius 1 is 1.11 bits per heavy atom. The molecule has 4 heteroatoms. The lowest BCUT2D eigenvalue weighted by molar-refractivity contribution is -0.212. The second kappa shape index (κ2) is 4.42. The molecule has 0 amide bonds. The van der Waals surface area contributed by atoms with Crippen LogP contribution in [0.2, 0.25) is 0 Å². The summed E-state index contributed by atoms with van der Waals surface area (Å²) >= 11 is 0. The SMILES string of the molecule is O=CCC12CCCC(C=O)C1C1(CC2)OCCO1. The molecule has 3 rings (SSSR count). The first-order valence-electron chi connectivity index (χ1n) is 6.93. The summed E-state index contributed by atoms with van der Waals surface area (Å²) in [5, 5.41) is 0. The molecule has 1 heterocycles. The van der Waals surface area contributed by atoms with Crippen LogP contribution < -0.4 is 0 Å². The molecule has 3 atom stereocenters. The van der Waals surface area contributed by atoms with Crippen molar-refractivity contribution < 1.29 is 19.1 Å². The molecule has 18 heavy (non-hydrogen) atoms. The molecular weight excluding hydrogens is 232 g/mol. The second-order valence-electron chi connectivity index (χ2n) is 5.91. The van der Waals surface area contributed by atoms with Crippen molar-refractivity contribution in [3.8, 4) is 0 Å². The summed E-state index contributed by atoms with van der Waals surface area (Å²) in [4.78, 5) is 22.4. The van der Waals surface area contributed by atoms with Gasteiger partial charge in [-0.15, -0.1) is 0 Å². The summed E-state index contributed by atoms with van der Waals surface area (Å²) in [6.45, 7) is 1.22. The van der Waals surface area contributed by atoms with Gasteiger partial charge < -0.3 is 19.1 Å². The van der Waals surface area contributed by atoms with Gasteiger partial charge in [0.15, 0.2) is 5.79 Å².